The number of carboxylic acid groups (broad SMARTS) is 1. The summed E-state index contributed by atoms with van der Waals surface area (Å²) in [5, 5.41) is 10.9. The Balaban J connectivity index is 3.75. The van der Waals surface area contributed by atoms with E-state index in [0.29, 0.717) is 6.42 Å². The van der Waals surface area contributed by atoms with Crippen LogP contribution < -0.4 is 5.32 Å². The number of nitrogens with one attached hydrogen (secondary N) is 1. The quantitative estimate of drug-likeness (QED) is 0.0513. The first kappa shape index (κ1) is 37.0. The van der Waals surface area contributed by atoms with E-state index in [4.69, 9.17) is 9.84 Å². The Morgan fingerprint density at radius 1 is 0.659 bits per heavy atom. The van der Waals surface area contributed by atoms with Gasteiger partial charge in [0.05, 0.1) is 6.61 Å². The smallest absolute Gasteiger partial charge is 0.338 e. The van der Waals surface area contributed by atoms with Gasteiger partial charge in [-0.2, -0.15) is 0 Å². The van der Waals surface area contributed by atoms with Gasteiger partial charge in [0.2, 0.25) is 5.91 Å². The van der Waals surface area contributed by atoms with Gasteiger partial charge < -0.3 is 19.9 Å². The molecule has 0 aromatic rings. The van der Waals surface area contributed by atoms with Crippen molar-refractivity contribution in [2.75, 3.05) is 13.2 Å². The zero-order chi connectivity index (χ0) is 30.4. The maximum atomic E-state index is 11.8. The molecule has 0 aliphatic rings. The largest absolute Gasteiger partial charge is 0.481 e. The molecule has 2 N–H and O–H groups in total. The minimum absolute atomic E-state index is 0.0401. The van der Waals surface area contributed by atoms with Crippen LogP contribution in [0.3, 0.4) is 0 Å². The van der Waals surface area contributed by atoms with Crippen molar-refractivity contribution in [2.45, 2.75) is 84.0 Å². The van der Waals surface area contributed by atoms with Gasteiger partial charge in [0.15, 0.2) is 0 Å². The van der Waals surface area contributed by atoms with Crippen LogP contribution in [-0.2, 0) is 33.4 Å². The molecule has 0 aromatic heterocycles. The highest BCUT2D eigenvalue weighted by atomic mass is 16.6. The topological polar surface area (TPSA) is 136 Å². The van der Waals surface area contributed by atoms with E-state index in [1.54, 1.807) is 0 Å². The van der Waals surface area contributed by atoms with Crippen molar-refractivity contribution in [3.05, 3.63) is 72.9 Å². The molecule has 1 amide bonds. The molecule has 0 radical (unpaired) electrons. The minimum Gasteiger partial charge on any atom is -0.481 e. The third kappa shape index (κ3) is 28.8. The van der Waals surface area contributed by atoms with E-state index in [0.717, 1.165) is 50.7 Å². The third-order valence-corrected chi connectivity index (χ3v) is 5.15. The number of ether oxygens (including phenoxy) is 2. The van der Waals surface area contributed by atoms with Crippen molar-refractivity contribution in [1.29, 1.82) is 0 Å². The van der Waals surface area contributed by atoms with E-state index in [1.165, 1.54) is 0 Å². The van der Waals surface area contributed by atoms with Gasteiger partial charge in [-0.3, -0.25) is 19.2 Å². The van der Waals surface area contributed by atoms with Gasteiger partial charge in [-0.25, -0.2) is 4.79 Å². The highest BCUT2D eigenvalue weighted by Gasteiger charge is 2.09. The lowest BCUT2D eigenvalue weighted by Crippen LogP contribution is -2.23. The molecule has 0 rings (SSSR count). The van der Waals surface area contributed by atoms with Gasteiger partial charge in [-0.1, -0.05) is 67.7 Å². The molecule has 0 bridgehead atoms. The van der Waals surface area contributed by atoms with Crippen LogP contribution in [0.2, 0.25) is 0 Å². The van der Waals surface area contributed by atoms with Crippen LogP contribution in [0.5, 0.6) is 0 Å². The summed E-state index contributed by atoms with van der Waals surface area (Å²) in [4.78, 5) is 56.9. The first-order valence-electron chi connectivity index (χ1n) is 14.2. The fourth-order valence-electron chi connectivity index (χ4n) is 3.06. The molecule has 0 spiro atoms. The summed E-state index contributed by atoms with van der Waals surface area (Å²) < 4.78 is 9.63. The SMILES string of the molecule is CC/C=C\C/C=C\C/C=C\C/C=C\C/C=C\CCCC(=O)OCCCC(=O)OC(=O)/C=C/C(=O)NCCCC(=O)O. The molecule has 0 aromatic carbocycles. The van der Waals surface area contributed by atoms with Crippen molar-refractivity contribution in [3.8, 4) is 0 Å². The Labute approximate surface area is 243 Å². The first-order chi connectivity index (χ1) is 19.8. The van der Waals surface area contributed by atoms with Gasteiger partial charge >= 0.3 is 23.9 Å². The summed E-state index contributed by atoms with van der Waals surface area (Å²) >= 11 is 0. The first-order valence-corrected chi connectivity index (χ1v) is 14.2. The van der Waals surface area contributed by atoms with Crippen LogP contribution in [0.25, 0.3) is 0 Å². The van der Waals surface area contributed by atoms with E-state index in [9.17, 15) is 24.0 Å². The highest BCUT2D eigenvalue weighted by Crippen LogP contribution is 2.02. The maximum Gasteiger partial charge on any atom is 0.338 e. The van der Waals surface area contributed by atoms with Crippen molar-refractivity contribution in [3.63, 3.8) is 0 Å². The van der Waals surface area contributed by atoms with E-state index >= 15 is 0 Å². The number of hydrogen-bond donors (Lipinski definition) is 2. The van der Waals surface area contributed by atoms with Crippen LogP contribution in [0.1, 0.15) is 84.0 Å². The van der Waals surface area contributed by atoms with Crippen molar-refractivity contribution in [2.24, 2.45) is 0 Å². The number of carbonyl (C=O) groups excluding carboxylic acids is 4. The fraction of sp³-hybridized carbons (Fsp3) is 0.469. The number of carboxylic acids is 1. The molecule has 0 heterocycles. The summed E-state index contributed by atoms with van der Waals surface area (Å²) in [5.74, 6) is -3.71. The van der Waals surface area contributed by atoms with Gasteiger partial charge in [-0.15, -0.1) is 0 Å². The predicted molar refractivity (Wildman–Crippen MR) is 159 cm³/mol. The number of esters is 3. The van der Waals surface area contributed by atoms with E-state index in [1.807, 2.05) is 6.08 Å². The van der Waals surface area contributed by atoms with Crippen molar-refractivity contribution >= 4 is 29.8 Å². The Hall–Kier alpha value is -4.01. The summed E-state index contributed by atoms with van der Waals surface area (Å²) in [5.41, 5.74) is 0. The lowest BCUT2D eigenvalue weighted by atomic mass is 10.2. The van der Waals surface area contributed by atoms with Gasteiger partial charge in [0.1, 0.15) is 0 Å². The molecule has 0 fully saturated rings. The predicted octanol–water partition coefficient (Wildman–Crippen LogP) is 5.84. The molecule has 0 atom stereocenters. The van der Waals surface area contributed by atoms with Gasteiger partial charge in [0.25, 0.3) is 0 Å². The van der Waals surface area contributed by atoms with Crippen LogP contribution in [0.4, 0.5) is 0 Å². The monoisotopic (exact) mass is 571 g/mol. The third-order valence-electron chi connectivity index (χ3n) is 5.15. The van der Waals surface area contributed by atoms with Crippen LogP contribution in [-0.4, -0.2) is 48.0 Å². The van der Waals surface area contributed by atoms with Crippen molar-refractivity contribution < 1.29 is 38.6 Å². The Morgan fingerprint density at radius 3 is 1.80 bits per heavy atom. The summed E-state index contributed by atoms with van der Waals surface area (Å²) in [6, 6.07) is 0. The van der Waals surface area contributed by atoms with Crippen LogP contribution in [0.15, 0.2) is 72.9 Å². The number of unbranched alkanes of at least 4 members (excludes halogenated alkanes) is 1. The molecule has 0 unspecified atom stereocenters. The number of allylic oxidation sites excluding steroid dienone is 10. The molecule has 0 aliphatic heterocycles. The summed E-state index contributed by atoms with van der Waals surface area (Å²) in [6.45, 7) is 2.31. The molecule has 0 saturated heterocycles. The van der Waals surface area contributed by atoms with E-state index in [-0.39, 0.29) is 51.2 Å². The summed E-state index contributed by atoms with van der Waals surface area (Å²) in [6.07, 6.45) is 29.8. The van der Waals surface area contributed by atoms with Gasteiger partial charge in [0, 0.05) is 38.0 Å². The number of aliphatic carboxylic acids is 1. The standard InChI is InChI=1S/C32H45NO8/c1-2-3-4-5-6-7-8-9-10-11-12-13-14-15-16-17-18-22-30(37)40-27-20-23-31(38)41-32(39)25-24-28(34)33-26-19-21-29(35)36/h3-4,6-7,9-10,12-13,15-16,24-25H,2,5,8,11,14,17-23,26-27H2,1H3,(H,33,34)(H,35,36)/b4-3-,7-6-,10-9-,13-12-,16-15-,25-24+. The average Bonchev–Trinajstić information content (AvgIpc) is 2.94. The molecular formula is C32H45NO8. The van der Waals surface area contributed by atoms with E-state index in [2.05, 4.69) is 71.7 Å². The zero-order valence-electron chi connectivity index (χ0n) is 24.1. The molecule has 9 heteroatoms. The minimum atomic E-state index is -0.997. The molecule has 0 saturated carbocycles. The maximum absolute atomic E-state index is 11.8. The van der Waals surface area contributed by atoms with E-state index < -0.39 is 23.8 Å². The lowest BCUT2D eigenvalue weighted by Gasteiger charge is -2.04. The molecule has 0 aliphatic carbocycles. The van der Waals surface area contributed by atoms with Gasteiger partial charge in [-0.05, 0) is 57.8 Å². The number of carbonyl (C=O) groups is 5. The van der Waals surface area contributed by atoms with Crippen molar-refractivity contribution in [1.82, 2.24) is 5.32 Å². The van der Waals surface area contributed by atoms with Crippen LogP contribution in [0, 0.1) is 0 Å². The second kappa shape index (κ2) is 27.6. The lowest BCUT2D eigenvalue weighted by molar-refractivity contribution is -0.157. The fourth-order valence-corrected chi connectivity index (χ4v) is 3.06. The second-order valence-corrected chi connectivity index (χ2v) is 8.84. The number of hydrogen-bond acceptors (Lipinski definition) is 7. The molecular weight excluding hydrogens is 526 g/mol. The Bertz CT molecular complexity index is 957. The molecule has 41 heavy (non-hydrogen) atoms. The molecule has 9 nitrogen and oxygen atoms in total. The Kier molecular flexibility index (Phi) is 24.9. The summed E-state index contributed by atoms with van der Waals surface area (Å²) in [7, 11) is 0. The Morgan fingerprint density at radius 2 is 1.22 bits per heavy atom. The normalized spacial score (nSPS) is 11.9. The number of amides is 1. The van der Waals surface area contributed by atoms with Crippen LogP contribution >= 0.6 is 0 Å². The zero-order valence-corrected chi connectivity index (χ0v) is 24.1. The molecule has 226 valence electrons. The average molecular weight is 572 g/mol. The number of rotatable bonds is 23. The second-order valence-electron chi connectivity index (χ2n) is 8.84. The highest BCUT2D eigenvalue weighted by molar-refractivity contribution is 5.98.